The maximum absolute atomic E-state index is 15.2. The van der Waals surface area contributed by atoms with Crippen molar-refractivity contribution in [1.82, 2.24) is 9.97 Å². The molecular formula is C25H27F3N4O3. The van der Waals surface area contributed by atoms with Crippen molar-refractivity contribution < 1.29 is 27.8 Å². The molecule has 0 saturated carbocycles. The number of aliphatic hydroxyl groups is 1. The molecule has 0 radical (unpaired) electrons. The van der Waals surface area contributed by atoms with E-state index in [9.17, 15) is 19.1 Å². The molecule has 7 nitrogen and oxygen atoms in total. The molecule has 0 aliphatic rings. The Balaban J connectivity index is 2.04. The van der Waals surface area contributed by atoms with Crippen molar-refractivity contribution >= 4 is 16.7 Å². The third-order valence-electron chi connectivity index (χ3n) is 5.53. The number of rotatable bonds is 9. The molecule has 0 unspecified atom stereocenters. The van der Waals surface area contributed by atoms with E-state index in [0.717, 1.165) is 19.9 Å². The van der Waals surface area contributed by atoms with Gasteiger partial charge in [-0.1, -0.05) is 12.1 Å². The molecule has 0 bridgehead atoms. The van der Waals surface area contributed by atoms with E-state index < -0.39 is 28.9 Å². The van der Waals surface area contributed by atoms with Gasteiger partial charge in [-0.2, -0.15) is 14.0 Å². The molecule has 1 aromatic heterocycles. The van der Waals surface area contributed by atoms with Gasteiger partial charge in [0, 0.05) is 18.1 Å². The van der Waals surface area contributed by atoms with Crippen LogP contribution in [0.15, 0.2) is 30.3 Å². The van der Waals surface area contributed by atoms with E-state index in [1.807, 2.05) is 0 Å². The second kappa shape index (κ2) is 10.1. The van der Waals surface area contributed by atoms with Crippen molar-refractivity contribution in [2.75, 3.05) is 25.6 Å². The summed E-state index contributed by atoms with van der Waals surface area (Å²) in [4.78, 5) is 8.77. The molecule has 0 amide bonds. The number of nitrogens with zero attached hydrogens (tertiary/aromatic N) is 3. The normalized spacial score (nSPS) is 12.9. The second-order valence-corrected chi connectivity index (χ2v) is 8.65. The number of ether oxygens (including phenoxy) is 2. The largest absolute Gasteiger partial charge is 0.490 e. The molecule has 0 aliphatic carbocycles. The van der Waals surface area contributed by atoms with Gasteiger partial charge in [0.1, 0.15) is 41.5 Å². The highest BCUT2D eigenvalue weighted by atomic mass is 19.3. The summed E-state index contributed by atoms with van der Waals surface area (Å²) in [6, 6.07) is 8.12. The predicted octanol–water partition coefficient (Wildman–Crippen LogP) is 5.01. The molecule has 3 rings (SSSR count). The number of aryl methyl sites for hydroxylation is 1. The Hall–Kier alpha value is -3.42. The summed E-state index contributed by atoms with van der Waals surface area (Å²) in [5, 5.41) is 23.0. The number of halogens is 3. The number of anilines is 1. The zero-order valence-electron chi connectivity index (χ0n) is 20.1. The summed E-state index contributed by atoms with van der Waals surface area (Å²) < 4.78 is 55.3. The molecule has 1 heterocycles. The van der Waals surface area contributed by atoms with Crippen molar-refractivity contribution in [3.63, 3.8) is 0 Å². The third-order valence-corrected chi connectivity index (χ3v) is 5.53. The van der Waals surface area contributed by atoms with Gasteiger partial charge in [0.15, 0.2) is 0 Å². The Bertz CT molecular complexity index is 1270. The lowest BCUT2D eigenvalue weighted by Gasteiger charge is -2.30. The number of hydrogen-bond donors (Lipinski definition) is 2. The number of aromatic nitrogens is 2. The molecule has 2 aromatic carbocycles. The van der Waals surface area contributed by atoms with Crippen molar-refractivity contribution in [3.05, 3.63) is 58.7 Å². The molecule has 1 atom stereocenters. The summed E-state index contributed by atoms with van der Waals surface area (Å²) in [5.74, 6) is -3.91. The highest BCUT2D eigenvalue weighted by Crippen LogP contribution is 2.41. The number of nitriles is 1. The molecule has 0 fully saturated rings. The molecule has 0 spiro atoms. The minimum atomic E-state index is -3.81. The van der Waals surface area contributed by atoms with E-state index in [2.05, 4.69) is 21.4 Å². The fourth-order valence-corrected chi connectivity index (χ4v) is 3.56. The first-order valence-electron chi connectivity index (χ1n) is 10.9. The first-order chi connectivity index (χ1) is 16.4. The fourth-order valence-electron chi connectivity index (χ4n) is 3.56. The average molecular weight is 489 g/mol. The van der Waals surface area contributed by atoms with Gasteiger partial charge in [0.05, 0.1) is 29.3 Å². The Labute approximate surface area is 201 Å². The van der Waals surface area contributed by atoms with E-state index in [-0.39, 0.29) is 17.7 Å². The summed E-state index contributed by atoms with van der Waals surface area (Å²) >= 11 is 0. The van der Waals surface area contributed by atoms with Crippen molar-refractivity contribution in [2.45, 2.75) is 45.3 Å². The van der Waals surface area contributed by atoms with E-state index >= 15 is 4.39 Å². The van der Waals surface area contributed by atoms with Crippen LogP contribution in [0.3, 0.4) is 0 Å². The Kier molecular flexibility index (Phi) is 7.53. The molecule has 0 aliphatic heterocycles. The topological polar surface area (TPSA) is 100 Å². The third kappa shape index (κ3) is 5.31. The summed E-state index contributed by atoms with van der Waals surface area (Å²) in [6.45, 7) is 5.66. The van der Waals surface area contributed by atoms with E-state index in [1.54, 1.807) is 26.0 Å². The minimum absolute atomic E-state index is 0.0268. The highest BCUT2D eigenvalue weighted by Gasteiger charge is 2.49. The van der Waals surface area contributed by atoms with Gasteiger partial charge in [-0.3, -0.25) is 0 Å². The van der Waals surface area contributed by atoms with Crippen LogP contribution in [0.1, 0.15) is 49.3 Å². The average Bonchev–Trinajstić information content (AvgIpc) is 2.78. The first kappa shape index (κ1) is 26.2. The van der Waals surface area contributed by atoms with Gasteiger partial charge in [0.25, 0.3) is 0 Å². The van der Waals surface area contributed by atoms with Crippen LogP contribution in [0, 0.1) is 24.1 Å². The van der Waals surface area contributed by atoms with Crippen LogP contribution < -0.4 is 10.1 Å². The van der Waals surface area contributed by atoms with Crippen LogP contribution in [0.25, 0.3) is 10.9 Å². The van der Waals surface area contributed by atoms with E-state index in [0.29, 0.717) is 34.9 Å². The maximum Gasteiger partial charge on any atom is 0.303 e. The van der Waals surface area contributed by atoms with Crippen molar-refractivity contribution in [1.29, 1.82) is 5.26 Å². The molecule has 0 saturated heterocycles. The lowest BCUT2D eigenvalue weighted by atomic mass is 9.91. The van der Waals surface area contributed by atoms with Gasteiger partial charge in [-0.05, 0) is 45.9 Å². The number of fused-ring (bicyclic) bond motifs is 1. The lowest BCUT2D eigenvalue weighted by molar-refractivity contribution is -0.170. The summed E-state index contributed by atoms with van der Waals surface area (Å²) in [6.07, 6.45) is 0. The standard InChI is InChI=1S/C25H27F3N4O3/c1-14(17-7-6-8-19(22(17)26)25(27,28)24(3,4)33)30-23-18-12-21(35-10-9-34-5)16(13-29)11-20(18)31-15(2)32-23/h6-8,11-12,14,33H,9-10H2,1-5H3,(H,30,31,32)/t14-/m1/s1. The van der Waals surface area contributed by atoms with Gasteiger partial charge < -0.3 is 19.9 Å². The SMILES string of the molecule is COCCOc1cc2c(N[C@H](C)c3cccc(C(F)(F)C(C)(C)O)c3F)nc(C)nc2cc1C#N. The van der Waals surface area contributed by atoms with Crippen LogP contribution in [0.5, 0.6) is 5.75 Å². The second-order valence-electron chi connectivity index (χ2n) is 8.65. The molecule has 3 aromatic rings. The van der Waals surface area contributed by atoms with E-state index in [4.69, 9.17) is 9.47 Å². The van der Waals surface area contributed by atoms with Gasteiger partial charge in [-0.15, -0.1) is 0 Å². The fraction of sp³-hybridized carbons (Fsp3) is 0.400. The number of benzene rings is 2. The van der Waals surface area contributed by atoms with Gasteiger partial charge in [0.2, 0.25) is 0 Å². The quantitative estimate of drug-likeness (QED) is 0.409. The van der Waals surface area contributed by atoms with E-state index in [1.165, 1.54) is 19.2 Å². The number of alkyl halides is 2. The number of hydrogen-bond acceptors (Lipinski definition) is 7. The van der Waals surface area contributed by atoms with Gasteiger partial charge in [-0.25, -0.2) is 14.4 Å². The van der Waals surface area contributed by atoms with Crippen LogP contribution in [0.4, 0.5) is 19.0 Å². The zero-order valence-corrected chi connectivity index (χ0v) is 20.1. The molecule has 10 heteroatoms. The summed E-state index contributed by atoms with van der Waals surface area (Å²) in [7, 11) is 1.53. The Morgan fingerprint density at radius 2 is 1.91 bits per heavy atom. The number of nitrogens with one attached hydrogen (secondary N) is 1. The van der Waals surface area contributed by atoms with Crippen LogP contribution in [0.2, 0.25) is 0 Å². The zero-order chi connectivity index (χ0) is 26.0. The van der Waals surface area contributed by atoms with Crippen LogP contribution in [-0.4, -0.2) is 41.0 Å². The molecular weight excluding hydrogens is 461 g/mol. The predicted molar refractivity (Wildman–Crippen MR) is 125 cm³/mol. The van der Waals surface area contributed by atoms with Crippen molar-refractivity contribution in [3.8, 4) is 11.8 Å². The maximum atomic E-state index is 15.2. The Morgan fingerprint density at radius 1 is 1.20 bits per heavy atom. The summed E-state index contributed by atoms with van der Waals surface area (Å²) in [5.41, 5.74) is -2.64. The first-order valence-corrected chi connectivity index (χ1v) is 10.9. The molecule has 35 heavy (non-hydrogen) atoms. The van der Waals surface area contributed by atoms with Crippen molar-refractivity contribution in [2.24, 2.45) is 0 Å². The highest BCUT2D eigenvalue weighted by molar-refractivity contribution is 5.91. The monoisotopic (exact) mass is 488 g/mol. The Morgan fingerprint density at radius 3 is 2.54 bits per heavy atom. The smallest absolute Gasteiger partial charge is 0.303 e. The molecule has 2 N–H and O–H groups in total. The molecule has 186 valence electrons. The van der Waals surface area contributed by atoms with Crippen LogP contribution >= 0.6 is 0 Å². The number of methoxy groups -OCH3 is 1. The van der Waals surface area contributed by atoms with Gasteiger partial charge >= 0.3 is 5.92 Å². The lowest BCUT2D eigenvalue weighted by Crippen LogP contribution is -2.41. The van der Waals surface area contributed by atoms with Crippen LogP contribution in [-0.2, 0) is 10.7 Å². The minimum Gasteiger partial charge on any atom is -0.490 e.